The summed E-state index contributed by atoms with van der Waals surface area (Å²) in [6.45, 7) is 0. The van der Waals surface area contributed by atoms with Gasteiger partial charge in [-0.1, -0.05) is 0 Å². The lowest BCUT2D eigenvalue weighted by atomic mass is 9.79. The molecule has 1 fully saturated rings. The Hall–Kier alpha value is -0.690. The minimum Gasteiger partial charge on any atom is -0.481 e. The van der Waals surface area contributed by atoms with Crippen LogP contribution in [0.4, 0.5) is 0 Å². The number of hydrogen-bond donors (Lipinski definition) is 1. The molecule has 0 radical (unpaired) electrons. The van der Waals surface area contributed by atoms with E-state index < -0.39 is 11.4 Å². The zero-order valence-electron chi connectivity index (χ0n) is 6.75. The monoisotopic (exact) mass is 185 g/mol. The maximum absolute atomic E-state index is 10.9. The quantitative estimate of drug-likeness (QED) is 0.708. The first-order chi connectivity index (χ1) is 5.71. The average molecular weight is 185 g/mol. The number of thioether (sulfide) groups is 1. The summed E-state index contributed by atoms with van der Waals surface area (Å²) in [6.07, 6.45) is 1.43. The average Bonchev–Trinajstić information content (AvgIpc) is 2.06. The van der Waals surface area contributed by atoms with Crippen LogP contribution in [-0.2, 0) is 4.79 Å². The highest BCUT2D eigenvalue weighted by Crippen LogP contribution is 2.37. The van der Waals surface area contributed by atoms with Crippen molar-refractivity contribution in [3.8, 4) is 6.07 Å². The van der Waals surface area contributed by atoms with E-state index in [1.165, 1.54) is 0 Å². The normalized spacial score (nSPS) is 21.2. The van der Waals surface area contributed by atoms with E-state index in [9.17, 15) is 4.79 Å². The van der Waals surface area contributed by atoms with Crippen LogP contribution in [0.1, 0.15) is 19.3 Å². The Balaban J connectivity index is 2.71. The topological polar surface area (TPSA) is 61.1 Å². The van der Waals surface area contributed by atoms with Gasteiger partial charge in [0.05, 0.1) is 17.9 Å². The molecule has 1 rings (SSSR count). The molecule has 0 atom stereocenters. The van der Waals surface area contributed by atoms with Gasteiger partial charge in [0.2, 0.25) is 0 Å². The van der Waals surface area contributed by atoms with E-state index in [-0.39, 0.29) is 6.42 Å². The molecule has 66 valence electrons. The van der Waals surface area contributed by atoms with Gasteiger partial charge in [-0.25, -0.2) is 0 Å². The van der Waals surface area contributed by atoms with Crippen LogP contribution >= 0.6 is 11.8 Å². The third-order valence-electron chi connectivity index (χ3n) is 2.32. The van der Waals surface area contributed by atoms with E-state index >= 15 is 0 Å². The third-order valence-corrected chi connectivity index (χ3v) is 3.31. The molecule has 1 saturated heterocycles. The van der Waals surface area contributed by atoms with Crippen LogP contribution in [0, 0.1) is 16.7 Å². The van der Waals surface area contributed by atoms with Gasteiger partial charge in [-0.3, -0.25) is 4.79 Å². The first-order valence-corrected chi connectivity index (χ1v) is 5.05. The Kier molecular flexibility index (Phi) is 2.99. The Labute approximate surface area is 75.8 Å². The second-order valence-electron chi connectivity index (χ2n) is 3.03. The molecular formula is C8H11NO2S. The standard InChI is InChI=1S/C8H11NO2S/c9-4-1-8(7(10)11)2-5-12-6-3-8/h1-3,5-6H2,(H,10,11). The number of hydrogen-bond acceptors (Lipinski definition) is 3. The van der Waals surface area contributed by atoms with E-state index in [2.05, 4.69) is 0 Å². The van der Waals surface area contributed by atoms with Gasteiger partial charge >= 0.3 is 5.97 Å². The number of carboxylic acids is 1. The Morgan fingerprint density at radius 2 is 2.17 bits per heavy atom. The maximum Gasteiger partial charge on any atom is 0.310 e. The summed E-state index contributed by atoms with van der Waals surface area (Å²) in [5, 5.41) is 17.5. The first-order valence-electron chi connectivity index (χ1n) is 3.89. The fraction of sp³-hybridized carbons (Fsp3) is 0.750. The van der Waals surface area contributed by atoms with Gasteiger partial charge in [0.15, 0.2) is 0 Å². The molecule has 0 aromatic rings. The number of aliphatic carboxylic acids is 1. The molecule has 0 aromatic heterocycles. The molecular weight excluding hydrogens is 174 g/mol. The highest BCUT2D eigenvalue weighted by molar-refractivity contribution is 7.99. The Morgan fingerprint density at radius 3 is 2.58 bits per heavy atom. The summed E-state index contributed by atoms with van der Waals surface area (Å²) in [7, 11) is 0. The van der Waals surface area contributed by atoms with Crippen molar-refractivity contribution in [2.45, 2.75) is 19.3 Å². The molecule has 0 spiro atoms. The van der Waals surface area contributed by atoms with Gasteiger partial charge in [0, 0.05) is 0 Å². The minimum atomic E-state index is -0.802. The first kappa shape index (κ1) is 9.40. The minimum absolute atomic E-state index is 0.156. The van der Waals surface area contributed by atoms with Crippen LogP contribution in [0.15, 0.2) is 0 Å². The van der Waals surface area contributed by atoms with Crippen LogP contribution in [0.2, 0.25) is 0 Å². The second-order valence-corrected chi connectivity index (χ2v) is 4.26. The largest absolute Gasteiger partial charge is 0.481 e. The van der Waals surface area contributed by atoms with Crippen LogP contribution in [-0.4, -0.2) is 22.6 Å². The molecule has 3 nitrogen and oxygen atoms in total. The van der Waals surface area contributed by atoms with Gasteiger partial charge < -0.3 is 5.11 Å². The van der Waals surface area contributed by atoms with E-state index in [4.69, 9.17) is 10.4 Å². The molecule has 0 aromatic carbocycles. The molecule has 0 saturated carbocycles. The Bertz CT molecular complexity index is 216. The highest BCUT2D eigenvalue weighted by atomic mass is 32.2. The lowest BCUT2D eigenvalue weighted by Crippen LogP contribution is -2.34. The van der Waals surface area contributed by atoms with Gasteiger partial charge in [-0.05, 0) is 24.3 Å². The summed E-state index contributed by atoms with van der Waals surface area (Å²) >= 11 is 1.77. The molecule has 0 bridgehead atoms. The van der Waals surface area contributed by atoms with Gasteiger partial charge in [-0.2, -0.15) is 17.0 Å². The second kappa shape index (κ2) is 3.81. The van der Waals surface area contributed by atoms with Crippen LogP contribution < -0.4 is 0 Å². The van der Waals surface area contributed by atoms with E-state index in [1.54, 1.807) is 11.8 Å². The smallest absolute Gasteiger partial charge is 0.310 e. The van der Waals surface area contributed by atoms with Gasteiger partial charge in [-0.15, -0.1) is 0 Å². The summed E-state index contributed by atoms with van der Waals surface area (Å²) in [5.41, 5.74) is -0.736. The molecule has 12 heavy (non-hydrogen) atoms. The lowest BCUT2D eigenvalue weighted by Gasteiger charge is -2.30. The highest BCUT2D eigenvalue weighted by Gasteiger charge is 2.39. The number of nitriles is 1. The van der Waals surface area contributed by atoms with Crippen molar-refractivity contribution in [2.24, 2.45) is 5.41 Å². The molecule has 1 N–H and O–H groups in total. The van der Waals surface area contributed by atoms with Gasteiger partial charge in [0.25, 0.3) is 0 Å². The molecule has 0 amide bonds. The van der Waals surface area contributed by atoms with E-state index in [0.29, 0.717) is 12.8 Å². The maximum atomic E-state index is 10.9. The molecule has 1 heterocycles. The van der Waals surface area contributed by atoms with Gasteiger partial charge in [0.1, 0.15) is 0 Å². The SMILES string of the molecule is N#CCC1(C(=O)O)CCSCC1. The predicted octanol–water partition coefficient (Wildman–Crippen LogP) is 1.50. The molecule has 1 aliphatic rings. The zero-order chi connectivity index (χ0) is 9.03. The van der Waals surface area contributed by atoms with Crippen molar-refractivity contribution in [1.29, 1.82) is 5.26 Å². The lowest BCUT2D eigenvalue weighted by molar-refractivity contribution is -0.149. The summed E-state index contributed by atoms with van der Waals surface area (Å²) in [5.74, 6) is 0.937. The molecule has 4 heteroatoms. The molecule has 1 aliphatic heterocycles. The number of carbonyl (C=O) groups is 1. The van der Waals surface area contributed by atoms with Crippen molar-refractivity contribution in [3.05, 3.63) is 0 Å². The fourth-order valence-electron chi connectivity index (χ4n) is 1.38. The van der Waals surface area contributed by atoms with E-state index in [1.807, 2.05) is 6.07 Å². The number of nitrogens with zero attached hydrogens (tertiary/aromatic N) is 1. The fourth-order valence-corrected chi connectivity index (χ4v) is 2.65. The number of carboxylic acid groups (broad SMARTS) is 1. The Morgan fingerprint density at radius 1 is 1.58 bits per heavy atom. The number of rotatable bonds is 2. The van der Waals surface area contributed by atoms with Crippen LogP contribution in [0.3, 0.4) is 0 Å². The van der Waals surface area contributed by atoms with Crippen LogP contribution in [0.5, 0.6) is 0 Å². The van der Waals surface area contributed by atoms with E-state index in [0.717, 1.165) is 11.5 Å². The summed E-state index contributed by atoms with van der Waals surface area (Å²) in [4.78, 5) is 10.9. The summed E-state index contributed by atoms with van der Waals surface area (Å²) < 4.78 is 0. The predicted molar refractivity (Wildman–Crippen MR) is 46.9 cm³/mol. The molecule has 0 aliphatic carbocycles. The van der Waals surface area contributed by atoms with Crippen molar-refractivity contribution >= 4 is 17.7 Å². The van der Waals surface area contributed by atoms with Crippen molar-refractivity contribution in [3.63, 3.8) is 0 Å². The third kappa shape index (κ3) is 1.72. The molecule has 0 unspecified atom stereocenters. The summed E-state index contributed by atoms with van der Waals surface area (Å²) in [6, 6.07) is 1.97. The van der Waals surface area contributed by atoms with Crippen molar-refractivity contribution < 1.29 is 9.90 Å². The van der Waals surface area contributed by atoms with Crippen LogP contribution in [0.25, 0.3) is 0 Å². The van der Waals surface area contributed by atoms with Crippen molar-refractivity contribution in [1.82, 2.24) is 0 Å². The zero-order valence-corrected chi connectivity index (χ0v) is 7.56. The van der Waals surface area contributed by atoms with Crippen molar-refractivity contribution in [2.75, 3.05) is 11.5 Å².